The van der Waals surface area contributed by atoms with Crippen LogP contribution in [0.5, 0.6) is 5.75 Å². The van der Waals surface area contributed by atoms with E-state index in [1.54, 1.807) is 24.3 Å². The van der Waals surface area contributed by atoms with Crippen LogP contribution in [0.15, 0.2) is 30.3 Å². The smallest absolute Gasteiger partial charge is 0.307 e. The Bertz CT molecular complexity index is 578. The molecule has 3 nitrogen and oxygen atoms in total. The molecule has 1 N–H and O–H groups in total. The summed E-state index contributed by atoms with van der Waals surface area (Å²) in [5, 5.41) is 10.2. The quantitative estimate of drug-likeness (QED) is 0.887. The minimum atomic E-state index is -0.904. The standard InChI is InChI=1S/C13H11FO3/c1-17-12-7-9-3-2-8(5-13(15)16)4-10(9)6-11(12)14/h2-4,6-7H,5H2,1H3,(H,15,16). The van der Waals surface area contributed by atoms with E-state index < -0.39 is 11.8 Å². The second kappa shape index (κ2) is 4.41. The minimum absolute atomic E-state index is 0.0659. The number of hydrogen-bond acceptors (Lipinski definition) is 2. The molecule has 2 rings (SSSR count). The molecule has 0 heterocycles. The highest BCUT2D eigenvalue weighted by Crippen LogP contribution is 2.25. The van der Waals surface area contributed by atoms with Crippen LogP contribution >= 0.6 is 0 Å². The van der Waals surface area contributed by atoms with Crippen LogP contribution in [-0.4, -0.2) is 18.2 Å². The average molecular weight is 234 g/mol. The fourth-order valence-corrected chi connectivity index (χ4v) is 1.74. The lowest BCUT2D eigenvalue weighted by atomic mass is 10.0. The summed E-state index contributed by atoms with van der Waals surface area (Å²) in [6.07, 6.45) is -0.0659. The molecule has 0 spiro atoms. The monoisotopic (exact) mass is 234 g/mol. The normalized spacial score (nSPS) is 10.5. The van der Waals surface area contributed by atoms with Crippen molar-refractivity contribution in [1.29, 1.82) is 0 Å². The molecule has 0 bridgehead atoms. The Morgan fingerprint density at radius 3 is 2.71 bits per heavy atom. The topological polar surface area (TPSA) is 46.5 Å². The van der Waals surface area contributed by atoms with Gasteiger partial charge in [0, 0.05) is 0 Å². The predicted molar refractivity (Wildman–Crippen MR) is 61.8 cm³/mol. The molecule has 0 aliphatic heterocycles. The maximum atomic E-state index is 13.5. The number of hydrogen-bond donors (Lipinski definition) is 1. The molecular weight excluding hydrogens is 223 g/mol. The zero-order chi connectivity index (χ0) is 12.4. The number of benzene rings is 2. The molecule has 0 atom stereocenters. The Kier molecular flexibility index (Phi) is 2.95. The van der Waals surface area contributed by atoms with E-state index in [0.29, 0.717) is 10.9 Å². The van der Waals surface area contributed by atoms with Gasteiger partial charge in [-0.1, -0.05) is 18.2 Å². The first-order valence-electron chi connectivity index (χ1n) is 5.08. The number of aliphatic carboxylic acids is 1. The van der Waals surface area contributed by atoms with Crippen LogP contribution in [0.1, 0.15) is 5.56 Å². The van der Waals surface area contributed by atoms with E-state index in [9.17, 15) is 9.18 Å². The summed E-state index contributed by atoms with van der Waals surface area (Å²) >= 11 is 0. The third-order valence-electron chi connectivity index (χ3n) is 2.53. The Morgan fingerprint density at radius 2 is 2.06 bits per heavy atom. The van der Waals surface area contributed by atoms with Gasteiger partial charge in [0.2, 0.25) is 0 Å². The number of fused-ring (bicyclic) bond motifs is 1. The molecule has 0 unspecified atom stereocenters. The molecule has 17 heavy (non-hydrogen) atoms. The summed E-state index contributed by atoms with van der Waals surface area (Å²) < 4.78 is 18.4. The fourth-order valence-electron chi connectivity index (χ4n) is 1.74. The van der Waals surface area contributed by atoms with Gasteiger partial charge in [-0.15, -0.1) is 0 Å². The van der Waals surface area contributed by atoms with Crippen LogP contribution in [0, 0.1) is 5.82 Å². The Labute approximate surface area is 97.4 Å². The van der Waals surface area contributed by atoms with Gasteiger partial charge >= 0.3 is 5.97 Å². The third-order valence-corrected chi connectivity index (χ3v) is 2.53. The van der Waals surface area contributed by atoms with Crippen LogP contribution in [0.25, 0.3) is 10.8 Å². The van der Waals surface area contributed by atoms with Crippen molar-refractivity contribution in [3.05, 3.63) is 41.7 Å². The van der Waals surface area contributed by atoms with E-state index in [1.807, 2.05) is 0 Å². The molecule has 0 aliphatic rings. The number of methoxy groups -OCH3 is 1. The minimum Gasteiger partial charge on any atom is -0.494 e. The molecule has 88 valence electrons. The van der Waals surface area contributed by atoms with Crippen LogP contribution in [0.4, 0.5) is 4.39 Å². The highest BCUT2D eigenvalue weighted by molar-refractivity contribution is 5.85. The number of carbonyl (C=O) groups is 1. The van der Waals surface area contributed by atoms with Gasteiger partial charge in [0.1, 0.15) is 0 Å². The van der Waals surface area contributed by atoms with Gasteiger partial charge in [-0.2, -0.15) is 0 Å². The van der Waals surface area contributed by atoms with Crippen LogP contribution in [0.3, 0.4) is 0 Å². The van der Waals surface area contributed by atoms with Gasteiger partial charge in [0.25, 0.3) is 0 Å². The van der Waals surface area contributed by atoms with E-state index in [2.05, 4.69) is 0 Å². The summed E-state index contributed by atoms with van der Waals surface area (Å²) in [6, 6.07) is 8.09. The first kappa shape index (κ1) is 11.4. The predicted octanol–water partition coefficient (Wildman–Crippen LogP) is 2.61. The SMILES string of the molecule is COc1cc2ccc(CC(=O)O)cc2cc1F. The van der Waals surface area contributed by atoms with Crippen LogP contribution in [-0.2, 0) is 11.2 Å². The molecule has 2 aromatic rings. The van der Waals surface area contributed by atoms with Gasteiger partial charge in [0.15, 0.2) is 11.6 Å². The molecular formula is C13H11FO3. The van der Waals surface area contributed by atoms with Crippen LogP contribution < -0.4 is 4.74 Å². The van der Waals surface area contributed by atoms with Crippen molar-refractivity contribution in [2.24, 2.45) is 0 Å². The number of ether oxygens (including phenoxy) is 1. The molecule has 0 saturated carbocycles. The van der Waals surface area contributed by atoms with Crippen molar-refractivity contribution >= 4 is 16.7 Å². The molecule has 0 fully saturated rings. The van der Waals surface area contributed by atoms with E-state index >= 15 is 0 Å². The summed E-state index contributed by atoms with van der Waals surface area (Å²) in [6.45, 7) is 0. The molecule has 0 radical (unpaired) electrons. The molecule has 4 heteroatoms. The third kappa shape index (κ3) is 2.36. The second-order valence-corrected chi connectivity index (χ2v) is 3.74. The van der Waals surface area contributed by atoms with Gasteiger partial charge in [-0.25, -0.2) is 4.39 Å². The van der Waals surface area contributed by atoms with Gasteiger partial charge < -0.3 is 9.84 Å². The first-order valence-corrected chi connectivity index (χ1v) is 5.08. The molecule has 0 saturated heterocycles. The van der Waals surface area contributed by atoms with Crippen molar-refractivity contribution in [3.63, 3.8) is 0 Å². The maximum Gasteiger partial charge on any atom is 0.307 e. The molecule has 0 aromatic heterocycles. The zero-order valence-corrected chi connectivity index (χ0v) is 9.24. The summed E-state index contributed by atoms with van der Waals surface area (Å²) in [4.78, 5) is 10.6. The van der Waals surface area contributed by atoms with Crippen molar-refractivity contribution < 1.29 is 19.0 Å². The zero-order valence-electron chi connectivity index (χ0n) is 9.24. The lowest BCUT2D eigenvalue weighted by Crippen LogP contribution is -1.99. The maximum absolute atomic E-state index is 13.5. The molecule has 0 amide bonds. The van der Waals surface area contributed by atoms with E-state index in [4.69, 9.17) is 9.84 Å². The molecule has 0 aliphatic carbocycles. The number of halogens is 1. The van der Waals surface area contributed by atoms with Gasteiger partial charge in [-0.3, -0.25) is 4.79 Å². The highest BCUT2D eigenvalue weighted by Gasteiger charge is 2.06. The summed E-state index contributed by atoms with van der Waals surface area (Å²) in [7, 11) is 1.41. The van der Waals surface area contributed by atoms with Gasteiger partial charge in [0.05, 0.1) is 13.5 Å². The average Bonchev–Trinajstić information content (AvgIpc) is 2.27. The number of carboxylic acids is 1. The Hall–Kier alpha value is -2.10. The number of carboxylic acid groups (broad SMARTS) is 1. The molecule has 2 aromatic carbocycles. The summed E-state index contributed by atoms with van der Waals surface area (Å²) in [5.41, 5.74) is 0.648. The lowest BCUT2D eigenvalue weighted by molar-refractivity contribution is -0.136. The highest BCUT2D eigenvalue weighted by atomic mass is 19.1. The Balaban J connectivity index is 2.51. The van der Waals surface area contributed by atoms with Crippen molar-refractivity contribution in [2.45, 2.75) is 6.42 Å². The van der Waals surface area contributed by atoms with Crippen molar-refractivity contribution in [3.8, 4) is 5.75 Å². The van der Waals surface area contributed by atoms with Gasteiger partial charge in [-0.05, 0) is 28.5 Å². The fraction of sp³-hybridized carbons (Fsp3) is 0.154. The second-order valence-electron chi connectivity index (χ2n) is 3.74. The summed E-state index contributed by atoms with van der Waals surface area (Å²) in [5.74, 6) is -1.17. The van der Waals surface area contributed by atoms with Crippen LogP contribution in [0.2, 0.25) is 0 Å². The number of rotatable bonds is 3. The lowest BCUT2D eigenvalue weighted by Gasteiger charge is -2.05. The van der Waals surface area contributed by atoms with Crippen molar-refractivity contribution in [1.82, 2.24) is 0 Å². The first-order chi connectivity index (χ1) is 8.10. The largest absolute Gasteiger partial charge is 0.494 e. The van der Waals surface area contributed by atoms with E-state index in [-0.39, 0.29) is 12.2 Å². The van der Waals surface area contributed by atoms with E-state index in [1.165, 1.54) is 13.2 Å². The Morgan fingerprint density at radius 1 is 1.29 bits per heavy atom. The van der Waals surface area contributed by atoms with E-state index in [0.717, 1.165) is 5.39 Å². The van der Waals surface area contributed by atoms with Crippen molar-refractivity contribution in [2.75, 3.05) is 7.11 Å².